The largest absolute Gasteiger partial charge is 0.396 e. The second kappa shape index (κ2) is 5.57. The van der Waals surface area contributed by atoms with E-state index in [2.05, 4.69) is 24.2 Å². The molecule has 3 N–H and O–H groups in total. The number of nitrogens with two attached hydrogens (primary N) is 1. The van der Waals surface area contributed by atoms with Crippen LogP contribution >= 0.6 is 0 Å². The van der Waals surface area contributed by atoms with Crippen molar-refractivity contribution in [2.75, 3.05) is 25.9 Å². The van der Waals surface area contributed by atoms with Crippen molar-refractivity contribution in [2.24, 2.45) is 5.92 Å². The molecule has 104 valence electrons. The number of hydrogen-bond donors (Lipinski definition) is 2. The van der Waals surface area contributed by atoms with Crippen molar-refractivity contribution in [1.29, 1.82) is 0 Å². The van der Waals surface area contributed by atoms with Gasteiger partial charge in [-0.2, -0.15) is 0 Å². The van der Waals surface area contributed by atoms with Gasteiger partial charge < -0.3 is 16.0 Å². The summed E-state index contributed by atoms with van der Waals surface area (Å²) >= 11 is 0. The number of carbonyl (C=O) groups excluding carboxylic acids is 1. The van der Waals surface area contributed by atoms with Gasteiger partial charge in [-0.15, -0.1) is 0 Å². The molecule has 1 aliphatic rings. The maximum absolute atomic E-state index is 13.1. The van der Waals surface area contributed by atoms with Crippen LogP contribution in [0.4, 0.5) is 10.1 Å². The number of amides is 1. The highest BCUT2D eigenvalue weighted by molar-refractivity contribution is 5.95. The molecule has 1 aliphatic heterocycles. The third-order valence-electron chi connectivity index (χ3n) is 3.68. The van der Waals surface area contributed by atoms with Crippen molar-refractivity contribution in [2.45, 2.75) is 19.4 Å². The van der Waals surface area contributed by atoms with Crippen LogP contribution in [0.25, 0.3) is 0 Å². The Morgan fingerprint density at radius 3 is 2.89 bits per heavy atom. The van der Waals surface area contributed by atoms with Crippen molar-refractivity contribution in [3.8, 4) is 0 Å². The van der Waals surface area contributed by atoms with E-state index < -0.39 is 5.82 Å². The number of likely N-dealkylation sites (tertiary alicyclic amines) is 1. The van der Waals surface area contributed by atoms with E-state index in [1.165, 1.54) is 18.2 Å². The smallest absolute Gasteiger partial charge is 0.251 e. The Balaban J connectivity index is 2.02. The van der Waals surface area contributed by atoms with E-state index in [1.807, 2.05) is 0 Å². The minimum absolute atomic E-state index is 0.00377. The second-order valence-electron chi connectivity index (χ2n) is 5.34. The molecule has 0 aliphatic carbocycles. The zero-order valence-electron chi connectivity index (χ0n) is 11.3. The molecular formula is C14H20FN3O. The SMILES string of the molecule is CC1CN(C)CCC1NC(=O)c1ccc(F)c(N)c1. The topological polar surface area (TPSA) is 58.4 Å². The van der Waals surface area contributed by atoms with Crippen LogP contribution in [0.15, 0.2) is 18.2 Å². The highest BCUT2D eigenvalue weighted by Gasteiger charge is 2.25. The number of rotatable bonds is 2. The molecule has 2 atom stereocenters. The van der Waals surface area contributed by atoms with Gasteiger partial charge in [0.1, 0.15) is 5.82 Å². The first-order valence-electron chi connectivity index (χ1n) is 6.52. The molecule has 1 saturated heterocycles. The van der Waals surface area contributed by atoms with E-state index in [0.717, 1.165) is 19.5 Å². The summed E-state index contributed by atoms with van der Waals surface area (Å²) in [6.07, 6.45) is 0.931. The van der Waals surface area contributed by atoms with Gasteiger partial charge in [-0.05, 0) is 44.1 Å². The van der Waals surface area contributed by atoms with Crippen molar-refractivity contribution < 1.29 is 9.18 Å². The van der Waals surface area contributed by atoms with Gasteiger partial charge >= 0.3 is 0 Å². The number of nitrogen functional groups attached to an aromatic ring is 1. The highest BCUT2D eigenvalue weighted by atomic mass is 19.1. The lowest BCUT2D eigenvalue weighted by Crippen LogP contribution is -2.48. The fourth-order valence-corrected chi connectivity index (χ4v) is 2.51. The number of carbonyl (C=O) groups is 1. The predicted molar refractivity (Wildman–Crippen MR) is 73.3 cm³/mol. The molecule has 19 heavy (non-hydrogen) atoms. The molecule has 1 aromatic rings. The summed E-state index contributed by atoms with van der Waals surface area (Å²) in [6, 6.07) is 4.22. The first kappa shape index (κ1) is 13.8. The minimum Gasteiger partial charge on any atom is -0.396 e. The van der Waals surface area contributed by atoms with Gasteiger partial charge in [0.05, 0.1) is 5.69 Å². The highest BCUT2D eigenvalue weighted by Crippen LogP contribution is 2.17. The van der Waals surface area contributed by atoms with E-state index in [9.17, 15) is 9.18 Å². The lowest BCUT2D eigenvalue weighted by Gasteiger charge is -2.35. The van der Waals surface area contributed by atoms with Gasteiger partial charge in [0, 0.05) is 18.2 Å². The van der Waals surface area contributed by atoms with Gasteiger partial charge in [-0.25, -0.2) is 4.39 Å². The summed E-state index contributed by atoms with van der Waals surface area (Å²) < 4.78 is 13.1. The molecule has 5 heteroatoms. The third-order valence-corrected chi connectivity index (χ3v) is 3.68. The lowest BCUT2D eigenvalue weighted by molar-refractivity contribution is 0.0884. The van der Waals surface area contributed by atoms with Gasteiger partial charge in [0.25, 0.3) is 5.91 Å². The fourth-order valence-electron chi connectivity index (χ4n) is 2.51. The van der Waals surface area contributed by atoms with E-state index in [-0.39, 0.29) is 17.6 Å². The van der Waals surface area contributed by atoms with Crippen LogP contribution < -0.4 is 11.1 Å². The van der Waals surface area contributed by atoms with Crippen LogP contribution in [0.2, 0.25) is 0 Å². The van der Waals surface area contributed by atoms with E-state index >= 15 is 0 Å². The van der Waals surface area contributed by atoms with Crippen LogP contribution in [0, 0.1) is 11.7 Å². The predicted octanol–water partition coefficient (Wildman–Crippen LogP) is 1.48. The van der Waals surface area contributed by atoms with Crippen LogP contribution in [0.1, 0.15) is 23.7 Å². The molecule has 0 bridgehead atoms. The van der Waals surface area contributed by atoms with Gasteiger partial charge in [-0.3, -0.25) is 4.79 Å². The molecule has 0 radical (unpaired) electrons. The second-order valence-corrected chi connectivity index (χ2v) is 5.34. The Labute approximate surface area is 112 Å². The summed E-state index contributed by atoms with van der Waals surface area (Å²) in [5.41, 5.74) is 5.89. The number of benzene rings is 1. The fraction of sp³-hybridized carbons (Fsp3) is 0.500. The number of hydrogen-bond acceptors (Lipinski definition) is 3. The van der Waals surface area contributed by atoms with Crippen molar-refractivity contribution in [3.63, 3.8) is 0 Å². The van der Waals surface area contributed by atoms with Crippen LogP contribution in [-0.4, -0.2) is 37.0 Å². The molecule has 0 aromatic heterocycles. The molecule has 4 nitrogen and oxygen atoms in total. The van der Waals surface area contributed by atoms with Gasteiger partial charge in [0.2, 0.25) is 0 Å². The lowest BCUT2D eigenvalue weighted by atomic mass is 9.94. The van der Waals surface area contributed by atoms with E-state index in [1.54, 1.807) is 0 Å². The zero-order valence-corrected chi connectivity index (χ0v) is 11.3. The van der Waals surface area contributed by atoms with E-state index in [0.29, 0.717) is 11.5 Å². The van der Waals surface area contributed by atoms with Crippen LogP contribution in [0.5, 0.6) is 0 Å². The number of nitrogens with one attached hydrogen (secondary N) is 1. The van der Waals surface area contributed by atoms with Crippen molar-refractivity contribution in [1.82, 2.24) is 10.2 Å². The molecule has 1 amide bonds. The maximum Gasteiger partial charge on any atom is 0.251 e. The Hall–Kier alpha value is -1.62. The number of nitrogens with zero attached hydrogens (tertiary/aromatic N) is 1. The zero-order chi connectivity index (χ0) is 14.0. The summed E-state index contributed by atoms with van der Waals surface area (Å²) in [7, 11) is 2.08. The summed E-state index contributed by atoms with van der Waals surface area (Å²) in [6.45, 7) is 4.07. The Bertz CT molecular complexity index is 478. The number of halogens is 1. The number of piperidine rings is 1. The first-order chi connectivity index (χ1) is 8.97. The molecule has 0 saturated carbocycles. The molecule has 2 unspecified atom stereocenters. The maximum atomic E-state index is 13.1. The quantitative estimate of drug-likeness (QED) is 0.796. The van der Waals surface area contributed by atoms with Crippen LogP contribution in [0.3, 0.4) is 0 Å². The minimum atomic E-state index is -0.496. The summed E-state index contributed by atoms with van der Waals surface area (Å²) in [5.74, 6) is -0.280. The van der Waals surface area contributed by atoms with Crippen molar-refractivity contribution in [3.05, 3.63) is 29.6 Å². The summed E-state index contributed by atoms with van der Waals surface area (Å²) in [4.78, 5) is 14.4. The Kier molecular flexibility index (Phi) is 4.04. The third kappa shape index (κ3) is 3.23. The number of anilines is 1. The van der Waals surface area contributed by atoms with Gasteiger partial charge in [0.15, 0.2) is 0 Å². The van der Waals surface area contributed by atoms with E-state index in [4.69, 9.17) is 5.73 Å². The first-order valence-corrected chi connectivity index (χ1v) is 6.52. The van der Waals surface area contributed by atoms with Gasteiger partial charge in [-0.1, -0.05) is 6.92 Å². The van der Waals surface area contributed by atoms with Crippen molar-refractivity contribution >= 4 is 11.6 Å². The monoisotopic (exact) mass is 265 g/mol. The average Bonchev–Trinajstić information content (AvgIpc) is 2.36. The Morgan fingerprint density at radius 2 is 2.26 bits per heavy atom. The summed E-state index contributed by atoms with van der Waals surface area (Å²) in [5, 5.41) is 3.01. The standard InChI is InChI=1S/C14H20FN3O/c1-9-8-18(2)6-5-13(9)17-14(19)10-3-4-11(15)12(16)7-10/h3-4,7,9,13H,5-6,8,16H2,1-2H3,(H,17,19). The van der Waals surface area contributed by atoms with Crippen LogP contribution in [-0.2, 0) is 0 Å². The Morgan fingerprint density at radius 1 is 1.53 bits per heavy atom. The normalized spacial score (nSPS) is 24.2. The molecule has 1 aromatic carbocycles. The molecule has 1 fully saturated rings. The molecule has 0 spiro atoms. The molecular weight excluding hydrogens is 245 g/mol. The molecule has 1 heterocycles. The molecule has 2 rings (SSSR count). The average molecular weight is 265 g/mol.